The van der Waals surface area contributed by atoms with Gasteiger partial charge < -0.3 is 0 Å². The van der Waals surface area contributed by atoms with Gasteiger partial charge in [0, 0.05) is 12.5 Å². The van der Waals surface area contributed by atoms with Crippen LogP contribution in [0.5, 0.6) is 0 Å². The first kappa shape index (κ1) is 8.47. The predicted molar refractivity (Wildman–Crippen MR) is 37.2 cm³/mol. The number of hydrogen-bond acceptors (Lipinski definition) is 1. The Labute approximate surface area is 56.6 Å². The van der Waals surface area contributed by atoms with E-state index >= 15 is 0 Å². The molecule has 2 heteroatoms. The molecule has 0 saturated carbocycles. The monoisotopic (exact) mass is 128 g/mol. The quantitative estimate of drug-likeness (QED) is 0.564. The molecule has 0 aromatic heterocycles. The fraction of sp³-hybridized carbons (Fsp3) is 0.857. The van der Waals surface area contributed by atoms with E-state index in [0.717, 1.165) is 6.42 Å². The van der Waals surface area contributed by atoms with Gasteiger partial charge in [0.2, 0.25) is 5.91 Å². The summed E-state index contributed by atoms with van der Waals surface area (Å²) in [5.74, 6) is 0.0347. The van der Waals surface area contributed by atoms with Crippen molar-refractivity contribution >= 4 is 5.91 Å². The Hall–Kier alpha value is -0.530. The van der Waals surface area contributed by atoms with Crippen LogP contribution in [-0.2, 0) is 4.79 Å². The molecule has 0 N–H and O–H groups in total. The van der Waals surface area contributed by atoms with Gasteiger partial charge in [0.05, 0.1) is 0 Å². The van der Waals surface area contributed by atoms with Crippen LogP contribution in [0.25, 0.3) is 0 Å². The van der Waals surface area contributed by atoms with Crippen molar-refractivity contribution in [2.75, 3.05) is 0 Å². The molecular formula is C7H14NO. The van der Waals surface area contributed by atoms with Crippen LogP contribution in [-0.4, -0.2) is 11.9 Å². The summed E-state index contributed by atoms with van der Waals surface area (Å²) in [6.45, 7) is 5.80. The number of carbonyl (C=O) groups excluding carboxylic acids is 1. The summed E-state index contributed by atoms with van der Waals surface area (Å²) in [5, 5.41) is 3.83. The van der Waals surface area contributed by atoms with Crippen LogP contribution in [0.4, 0.5) is 0 Å². The molecule has 9 heavy (non-hydrogen) atoms. The molecule has 0 fully saturated rings. The van der Waals surface area contributed by atoms with Crippen molar-refractivity contribution in [1.29, 1.82) is 0 Å². The molecule has 0 saturated heterocycles. The molecular weight excluding hydrogens is 114 g/mol. The molecule has 53 valence electrons. The third kappa shape index (κ3) is 5.34. The molecule has 1 amide bonds. The van der Waals surface area contributed by atoms with E-state index in [9.17, 15) is 4.79 Å². The molecule has 0 heterocycles. The van der Waals surface area contributed by atoms with Gasteiger partial charge in [-0.25, -0.2) is 5.32 Å². The summed E-state index contributed by atoms with van der Waals surface area (Å²) < 4.78 is 0. The largest absolute Gasteiger partial charge is 0.273 e. The highest BCUT2D eigenvalue weighted by Crippen LogP contribution is 1.89. The fourth-order valence-corrected chi connectivity index (χ4v) is 0.566. The first-order valence-corrected chi connectivity index (χ1v) is 3.40. The van der Waals surface area contributed by atoms with E-state index in [-0.39, 0.29) is 11.9 Å². The molecule has 1 radical (unpaired) electrons. The van der Waals surface area contributed by atoms with Gasteiger partial charge in [0.1, 0.15) is 0 Å². The Morgan fingerprint density at radius 2 is 2.11 bits per heavy atom. The number of amides is 1. The van der Waals surface area contributed by atoms with Crippen molar-refractivity contribution in [3.63, 3.8) is 0 Å². The minimum atomic E-state index is 0.0347. The fourth-order valence-electron chi connectivity index (χ4n) is 0.566. The van der Waals surface area contributed by atoms with E-state index in [1.807, 2.05) is 20.8 Å². The highest BCUT2D eigenvalue weighted by molar-refractivity contribution is 5.75. The lowest BCUT2D eigenvalue weighted by Crippen LogP contribution is -2.21. The topological polar surface area (TPSA) is 31.2 Å². The van der Waals surface area contributed by atoms with Crippen molar-refractivity contribution < 1.29 is 4.79 Å². The van der Waals surface area contributed by atoms with Crippen LogP contribution in [0.15, 0.2) is 0 Å². The maximum absolute atomic E-state index is 10.7. The van der Waals surface area contributed by atoms with Crippen molar-refractivity contribution in [3.05, 3.63) is 0 Å². The molecule has 0 unspecified atom stereocenters. The van der Waals surface area contributed by atoms with Crippen LogP contribution < -0.4 is 5.32 Å². The molecule has 0 spiro atoms. The summed E-state index contributed by atoms with van der Waals surface area (Å²) in [5.41, 5.74) is 0. The normalized spacial score (nSPS) is 9.78. The lowest BCUT2D eigenvalue weighted by atomic mass is 10.3. The maximum Gasteiger partial charge on any atom is 0.241 e. The smallest absolute Gasteiger partial charge is 0.241 e. The van der Waals surface area contributed by atoms with Crippen LogP contribution in [0.3, 0.4) is 0 Å². The van der Waals surface area contributed by atoms with Gasteiger partial charge in [-0.1, -0.05) is 6.92 Å². The summed E-state index contributed by atoms with van der Waals surface area (Å²) in [6, 6.07) is 0.157. The summed E-state index contributed by atoms with van der Waals surface area (Å²) in [4.78, 5) is 10.7. The highest BCUT2D eigenvalue weighted by atomic mass is 16.1. The van der Waals surface area contributed by atoms with E-state index in [1.54, 1.807) is 0 Å². The molecule has 2 nitrogen and oxygen atoms in total. The lowest BCUT2D eigenvalue weighted by Gasteiger charge is -2.01. The van der Waals surface area contributed by atoms with Crippen LogP contribution in [0.1, 0.15) is 33.6 Å². The first-order valence-electron chi connectivity index (χ1n) is 3.40. The molecule has 0 atom stereocenters. The van der Waals surface area contributed by atoms with E-state index < -0.39 is 0 Å². The standard InChI is InChI=1S/C7H14NO/c1-4-5-7(9)8-6(2)3/h6H,4-5H2,1-3H3. The van der Waals surface area contributed by atoms with Gasteiger partial charge in [-0.2, -0.15) is 0 Å². The summed E-state index contributed by atoms with van der Waals surface area (Å²) in [6.07, 6.45) is 1.49. The highest BCUT2D eigenvalue weighted by Gasteiger charge is 2.01. The summed E-state index contributed by atoms with van der Waals surface area (Å²) in [7, 11) is 0. The zero-order chi connectivity index (χ0) is 7.28. The van der Waals surface area contributed by atoms with Gasteiger partial charge in [0.25, 0.3) is 0 Å². The minimum absolute atomic E-state index is 0.0347. The summed E-state index contributed by atoms with van der Waals surface area (Å²) >= 11 is 0. The Balaban J connectivity index is 3.27. The molecule has 0 bridgehead atoms. The van der Waals surface area contributed by atoms with E-state index in [4.69, 9.17) is 0 Å². The molecule has 0 aliphatic rings. The van der Waals surface area contributed by atoms with Gasteiger partial charge in [-0.05, 0) is 20.3 Å². The SMILES string of the molecule is CCCC(=O)[N]C(C)C. The average molecular weight is 128 g/mol. The van der Waals surface area contributed by atoms with Gasteiger partial charge >= 0.3 is 0 Å². The Morgan fingerprint density at radius 1 is 1.56 bits per heavy atom. The van der Waals surface area contributed by atoms with Crippen molar-refractivity contribution in [2.24, 2.45) is 0 Å². The van der Waals surface area contributed by atoms with Gasteiger partial charge in [-0.15, -0.1) is 0 Å². The minimum Gasteiger partial charge on any atom is -0.273 e. The predicted octanol–water partition coefficient (Wildman–Crippen LogP) is 1.33. The van der Waals surface area contributed by atoms with Crippen molar-refractivity contribution in [3.8, 4) is 0 Å². The molecule has 0 aliphatic heterocycles. The molecule has 0 aliphatic carbocycles. The lowest BCUT2D eigenvalue weighted by molar-refractivity contribution is -0.121. The second kappa shape index (κ2) is 4.36. The van der Waals surface area contributed by atoms with E-state index in [1.165, 1.54) is 0 Å². The number of nitrogens with zero attached hydrogens (tertiary/aromatic N) is 1. The number of rotatable bonds is 3. The number of hydrogen-bond donors (Lipinski definition) is 0. The first-order chi connectivity index (χ1) is 4.16. The zero-order valence-corrected chi connectivity index (χ0v) is 6.35. The molecule has 0 aromatic carbocycles. The molecule has 0 rings (SSSR count). The zero-order valence-electron chi connectivity index (χ0n) is 6.35. The Kier molecular flexibility index (Phi) is 4.10. The Morgan fingerprint density at radius 3 is 2.44 bits per heavy atom. The van der Waals surface area contributed by atoms with Crippen LogP contribution in [0.2, 0.25) is 0 Å². The third-order valence-corrected chi connectivity index (χ3v) is 0.866. The number of carbonyl (C=O) groups is 1. The second-order valence-corrected chi connectivity index (χ2v) is 2.37. The van der Waals surface area contributed by atoms with Crippen LogP contribution in [0, 0.1) is 0 Å². The van der Waals surface area contributed by atoms with Crippen LogP contribution >= 0.6 is 0 Å². The maximum atomic E-state index is 10.7. The van der Waals surface area contributed by atoms with Gasteiger partial charge in [-0.3, -0.25) is 4.79 Å². The van der Waals surface area contributed by atoms with E-state index in [0.29, 0.717) is 6.42 Å². The third-order valence-electron chi connectivity index (χ3n) is 0.866. The van der Waals surface area contributed by atoms with Crippen molar-refractivity contribution in [2.45, 2.75) is 39.7 Å². The average Bonchev–Trinajstić information content (AvgIpc) is 1.63. The second-order valence-electron chi connectivity index (χ2n) is 2.37. The van der Waals surface area contributed by atoms with E-state index in [2.05, 4.69) is 5.32 Å². The molecule has 0 aromatic rings. The van der Waals surface area contributed by atoms with Crippen molar-refractivity contribution in [1.82, 2.24) is 5.32 Å². The Bertz CT molecular complexity index is 88.9. The van der Waals surface area contributed by atoms with Gasteiger partial charge in [0.15, 0.2) is 0 Å².